The minimum absolute atomic E-state index is 0.547. The molecule has 0 amide bonds. The first-order valence-corrected chi connectivity index (χ1v) is 5.65. The number of hydrogen-bond acceptors (Lipinski definition) is 3. The van der Waals surface area contributed by atoms with Crippen LogP contribution in [0.1, 0.15) is 33.1 Å². The molecule has 0 spiro atoms. The van der Waals surface area contributed by atoms with Gasteiger partial charge in [0.2, 0.25) is 0 Å². The van der Waals surface area contributed by atoms with Gasteiger partial charge in [0.15, 0.2) is 0 Å². The number of rotatable bonds is 6. The van der Waals surface area contributed by atoms with Crippen LogP contribution in [0.5, 0.6) is 0 Å². The first kappa shape index (κ1) is 12.0. The summed E-state index contributed by atoms with van der Waals surface area (Å²) in [6.45, 7) is 7.44. The van der Waals surface area contributed by atoms with Gasteiger partial charge in [-0.3, -0.25) is 0 Å². The zero-order valence-electron chi connectivity index (χ0n) is 9.38. The molecule has 3 heteroatoms. The summed E-state index contributed by atoms with van der Waals surface area (Å²) in [6.07, 6.45) is 3.05. The fourth-order valence-electron chi connectivity index (χ4n) is 1.92. The fraction of sp³-hybridized carbons (Fsp3) is 1.00. The zero-order chi connectivity index (χ0) is 10.4. The van der Waals surface area contributed by atoms with Crippen molar-refractivity contribution in [3.8, 4) is 0 Å². The molecule has 0 aromatic heterocycles. The lowest BCUT2D eigenvalue weighted by Gasteiger charge is -2.23. The van der Waals surface area contributed by atoms with Crippen molar-refractivity contribution < 1.29 is 9.84 Å². The van der Waals surface area contributed by atoms with Crippen LogP contribution in [0, 0.1) is 5.92 Å². The third-order valence-electron chi connectivity index (χ3n) is 2.75. The normalized spacial score (nSPS) is 26.4. The molecule has 0 aliphatic carbocycles. The molecule has 2 N–H and O–H groups in total. The van der Waals surface area contributed by atoms with E-state index in [4.69, 9.17) is 4.74 Å². The van der Waals surface area contributed by atoms with Crippen LogP contribution in [0.4, 0.5) is 0 Å². The van der Waals surface area contributed by atoms with Gasteiger partial charge >= 0.3 is 0 Å². The molecule has 2 unspecified atom stereocenters. The Balaban J connectivity index is 2.07. The van der Waals surface area contributed by atoms with Crippen molar-refractivity contribution in [2.45, 2.75) is 38.7 Å². The lowest BCUT2D eigenvalue weighted by atomic mass is 10.0. The predicted molar refractivity (Wildman–Crippen MR) is 57.3 cm³/mol. The van der Waals surface area contributed by atoms with Gasteiger partial charge < -0.3 is 15.2 Å². The van der Waals surface area contributed by atoms with Gasteiger partial charge in [-0.15, -0.1) is 0 Å². The number of ether oxygens (including phenoxy) is 1. The molecule has 14 heavy (non-hydrogen) atoms. The summed E-state index contributed by atoms with van der Waals surface area (Å²) in [6, 6.07) is 0. The van der Waals surface area contributed by atoms with Crippen molar-refractivity contribution in [3.05, 3.63) is 0 Å². The van der Waals surface area contributed by atoms with Gasteiger partial charge in [-0.2, -0.15) is 0 Å². The molecule has 0 bridgehead atoms. The first-order chi connectivity index (χ1) is 6.64. The summed E-state index contributed by atoms with van der Waals surface area (Å²) in [4.78, 5) is 0. The van der Waals surface area contributed by atoms with Crippen molar-refractivity contribution >= 4 is 0 Å². The summed E-state index contributed by atoms with van der Waals surface area (Å²) >= 11 is 0. The number of aliphatic hydroxyl groups is 1. The van der Waals surface area contributed by atoms with Gasteiger partial charge in [-0.25, -0.2) is 0 Å². The van der Waals surface area contributed by atoms with Crippen LogP contribution >= 0.6 is 0 Å². The van der Waals surface area contributed by atoms with E-state index in [2.05, 4.69) is 12.2 Å². The van der Waals surface area contributed by atoms with Gasteiger partial charge in [0.25, 0.3) is 0 Å². The van der Waals surface area contributed by atoms with Crippen LogP contribution in [-0.2, 0) is 4.74 Å². The Hall–Kier alpha value is -0.120. The van der Waals surface area contributed by atoms with E-state index in [1.54, 1.807) is 0 Å². The molecule has 1 aliphatic heterocycles. The largest absolute Gasteiger partial charge is 0.389 e. The third kappa shape index (κ3) is 4.40. The van der Waals surface area contributed by atoms with Crippen LogP contribution in [0.3, 0.4) is 0 Å². The second-order valence-corrected chi connectivity index (χ2v) is 4.61. The van der Waals surface area contributed by atoms with E-state index in [0.29, 0.717) is 12.5 Å². The molecule has 0 aromatic rings. The Morgan fingerprint density at radius 2 is 2.36 bits per heavy atom. The first-order valence-electron chi connectivity index (χ1n) is 5.65. The molecular weight excluding hydrogens is 178 g/mol. The molecule has 84 valence electrons. The predicted octanol–water partition coefficient (Wildman–Crippen LogP) is 1.16. The maximum absolute atomic E-state index is 9.89. The molecule has 0 aromatic carbocycles. The van der Waals surface area contributed by atoms with Gasteiger partial charge in [0.1, 0.15) is 0 Å². The SMILES string of the molecule is CCCC(C)(O)CNCC1CCOC1. The highest BCUT2D eigenvalue weighted by Crippen LogP contribution is 2.13. The average Bonchev–Trinajstić information content (AvgIpc) is 2.56. The molecule has 1 saturated heterocycles. The summed E-state index contributed by atoms with van der Waals surface area (Å²) in [5, 5.41) is 13.2. The van der Waals surface area contributed by atoms with Gasteiger partial charge in [0.05, 0.1) is 12.2 Å². The lowest BCUT2D eigenvalue weighted by molar-refractivity contribution is 0.0490. The van der Waals surface area contributed by atoms with Crippen LogP contribution in [0.15, 0.2) is 0 Å². The van der Waals surface area contributed by atoms with E-state index in [-0.39, 0.29) is 0 Å². The average molecular weight is 201 g/mol. The Morgan fingerprint density at radius 1 is 1.57 bits per heavy atom. The van der Waals surface area contributed by atoms with Crippen molar-refractivity contribution in [2.75, 3.05) is 26.3 Å². The summed E-state index contributed by atoms with van der Waals surface area (Å²) < 4.78 is 5.28. The highest BCUT2D eigenvalue weighted by molar-refractivity contribution is 4.76. The van der Waals surface area contributed by atoms with Crippen molar-refractivity contribution in [2.24, 2.45) is 5.92 Å². The van der Waals surface area contributed by atoms with E-state index in [9.17, 15) is 5.11 Å². The molecule has 1 heterocycles. The summed E-state index contributed by atoms with van der Waals surface area (Å²) in [5.41, 5.74) is -0.547. The molecule has 1 fully saturated rings. The fourth-order valence-corrected chi connectivity index (χ4v) is 1.92. The molecule has 1 aliphatic rings. The van der Waals surface area contributed by atoms with Crippen molar-refractivity contribution in [3.63, 3.8) is 0 Å². The van der Waals surface area contributed by atoms with E-state index in [1.165, 1.54) is 0 Å². The van der Waals surface area contributed by atoms with Crippen LogP contribution in [-0.4, -0.2) is 37.0 Å². The van der Waals surface area contributed by atoms with E-state index >= 15 is 0 Å². The molecule has 3 nitrogen and oxygen atoms in total. The van der Waals surface area contributed by atoms with E-state index < -0.39 is 5.60 Å². The Labute approximate surface area is 86.8 Å². The topological polar surface area (TPSA) is 41.5 Å². The molecule has 0 radical (unpaired) electrons. The highest BCUT2D eigenvalue weighted by Gasteiger charge is 2.20. The molecule has 1 rings (SSSR count). The highest BCUT2D eigenvalue weighted by atomic mass is 16.5. The number of hydrogen-bond donors (Lipinski definition) is 2. The van der Waals surface area contributed by atoms with Crippen molar-refractivity contribution in [1.29, 1.82) is 0 Å². The Kier molecular flexibility index (Phi) is 4.85. The molecule has 0 saturated carbocycles. The minimum atomic E-state index is -0.547. The van der Waals surface area contributed by atoms with Crippen molar-refractivity contribution in [1.82, 2.24) is 5.32 Å². The van der Waals surface area contributed by atoms with E-state index in [1.807, 2.05) is 6.92 Å². The van der Waals surface area contributed by atoms with Gasteiger partial charge in [-0.1, -0.05) is 13.3 Å². The lowest BCUT2D eigenvalue weighted by Crippen LogP contribution is -2.39. The third-order valence-corrected chi connectivity index (χ3v) is 2.75. The van der Waals surface area contributed by atoms with Crippen LogP contribution in [0.2, 0.25) is 0 Å². The molecular formula is C11H23NO2. The monoisotopic (exact) mass is 201 g/mol. The second kappa shape index (κ2) is 5.69. The quantitative estimate of drug-likeness (QED) is 0.677. The maximum atomic E-state index is 9.89. The Morgan fingerprint density at radius 3 is 2.93 bits per heavy atom. The van der Waals surface area contributed by atoms with Gasteiger partial charge in [0, 0.05) is 19.7 Å². The second-order valence-electron chi connectivity index (χ2n) is 4.61. The number of nitrogens with one attached hydrogen (secondary N) is 1. The maximum Gasteiger partial charge on any atom is 0.0743 e. The molecule has 2 atom stereocenters. The smallest absolute Gasteiger partial charge is 0.0743 e. The Bertz CT molecular complexity index is 153. The van der Waals surface area contributed by atoms with E-state index in [0.717, 1.165) is 39.0 Å². The minimum Gasteiger partial charge on any atom is -0.389 e. The zero-order valence-corrected chi connectivity index (χ0v) is 9.38. The standard InChI is InChI=1S/C11H23NO2/c1-3-5-11(2,13)9-12-7-10-4-6-14-8-10/h10,12-13H,3-9H2,1-2H3. The summed E-state index contributed by atoms with van der Waals surface area (Å²) in [7, 11) is 0. The van der Waals surface area contributed by atoms with Crippen LogP contribution < -0.4 is 5.32 Å². The van der Waals surface area contributed by atoms with Gasteiger partial charge in [-0.05, 0) is 25.7 Å². The summed E-state index contributed by atoms with van der Waals surface area (Å²) in [5.74, 6) is 0.646. The van der Waals surface area contributed by atoms with Crippen LogP contribution in [0.25, 0.3) is 0 Å².